The summed E-state index contributed by atoms with van der Waals surface area (Å²) < 4.78 is 17.0. The van der Waals surface area contributed by atoms with Crippen molar-refractivity contribution in [3.63, 3.8) is 0 Å². The zero-order valence-corrected chi connectivity index (χ0v) is 16.8. The number of nitrogens with zero attached hydrogens (tertiary/aromatic N) is 2. The van der Waals surface area contributed by atoms with Crippen molar-refractivity contribution in [2.75, 3.05) is 25.2 Å². The van der Waals surface area contributed by atoms with Crippen LogP contribution in [0.15, 0.2) is 77.2 Å². The third-order valence-electron chi connectivity index (χ3n) is 4.76. The maximum atomic E-state index is 9.55. The van der Waals surface area contributed by atoms with Gasteiger partial charge in [0.15, 0.2) is 5.58 Å². The quantitative estimate of drug-likeness (QED) is 0.395. The van der Waals surface area contributed by atoms with Gasteiger partial charge in [-0.15, -0.1) is 0 Å². The molecule has 0 saturated heterocycles. The molecule has 154 valence electrons. The molecule has 0 radical (unpaired) electrons. The summed E-state index contributed by atoms with van der Waals surface area (Å²) in [4.78, 5) is 6.73. The number of aromatic hydroxyl groups is 1. The largest absolute Gasteiger partial charge is 0.508 e. The minimum atomic E-state index is 0.250. The van der Waals surface area contributed by atoms with Crippen molar-refractivity contribution in [2.45, 2.75) is 13.0 Å². The fourth-order valence-corrected chi connectivity index (χ4v) is 3.18. The van der Waals surface area contributed by atoms with Gasteiger partial charge in [0.05, 0.1) is 13.7 Å². The van der Waals surface area contributed by atoms with E-state index < -0.39 is 0 Å². The van der Waals surface area contributed by atoms with E-state index in [4.69, 9.17) is 13.9 Å². The fourth-order valence-electron chi connectivity index (χ4n) is 3.18. The van der Waals surface area contributed by atoms with Crippen molar-refractivity contribution in [1.29, 1.82) is 0 Å². The summed E-state index contributed by atoms with van der Waals surface area (Å²) in [6.45, 7) is 1.90. The Bertz CT molecular complexity index is 1040. The van der Waals surface area contributed by atoms with Crippen LogP contribution in [-0.4, -0.2) is 30.4 Å². The van der Waals surface area contributed by atoms with Crippen LogP contribution < -0.4 is 14.4 Å². The van der Waals surface area contributed by atoms with Gasteiger partial charge in [0.25, 0.3) is 6.01 Å². The summed E-state index contributed by atoms with van der Waals surface area (Å²) in [6.07, 6.45) is 0.794. The highest BCUT2D eigenvalue weighted by molar-refractivity contribution is 5.74. The third-order valence-corrected chi connectivity index (χ3v) is 4.76. The Kier molecular flexibility index (Phi) is 6.03. The van der Waals surface area contributed by atoms with E-state index in [1.807, 2.05) is 60.7 Å². The second kappa shape index (κ2) is 9.22. The van der Waals surface area contributed by atoms with E-state index in [-0.39, 0.29) is 5.75 Å². The summed E-state index contributed by atoms with van der Waals surface area (Å²) in [5.41, 5.74) is 2.65. The average molecular weight is 404 g/mol. The van der Waals surface area contributed by atoms with Gasteiger partial charge < -0.3 is 23.9 Å². The van der Waals surface area contributed by atoms with Crippen LogP contribution >= 0.6 is 0 Å². The maximum Gasteiger partial charge on any atom is 0.298 e. The van der Waals surface area contributed by atoms with Crippen molar-refractivity contribution in [3.05, 3.63) is 78.4 Å². The molecule has 6 nitrogen and oxygen atoms in total. The van der Waals surface area contributed by atoms with Gasteiger partial charge in [-0.25, -0.2) is 0 Å². The smallest absolute Gasteiger partial charge is 0.298 e. The van der Waals surface area contributed by atoms with Crippen molar-refractivity contribution in [2.24, 2.45) is 0 Å². The number of phenolic OH excluding ortho intramolecular Hbond substituents is 1. The number of fused-ring (bicyclic) bond motifs is 1. The van der Waals surface area contributed by atoms with Crippen molar-refractivity contribution >= 4 is 17.1 Å². The zero-order valence-electron chi connectivity index (χ0n) is 16.8. The van der Waals surface area contributed by atoms with Crippen LogP contribution in [0.4, 0.5) is 6.01 Å². The van der Waals surface area contributed by atoms with Gasteiger partial charge in [0.1, 0.15) is 22.8 Å². The normalized spacial score (nSPS) is 10.8. The van der Waals surface area contributed by atoms with Crippen LogP contribution in [0.5, 0.6) is 17.2 Å². The molecule has 1 N–H and O–H groups in total. The Hall–Kier alpha value is -3.67. The molecule has 1 heterocycles. The molecule has 0 fully saturated rings. The highest BCUT2D eigenvalue weighted by Crippen LogP contribution is 2.24. The van der Waals surface area contributed by atoms with Crippen molar-refractivity contribution in [3.8, 4) is 17.2 Å². The Morgan fingerprint density at radius 3 is 2.40 bits per heavy atom. The molecule has 0 bridgehead atoms. The lowest BCUT2D eigenvalue weighted by molar-refractivity contribution is 0.310. The summed E-state index contributed by atoms with van der Waals surface area (Å²) in [5.74, 6) is 1.86. The molecule has 0 spiro atoms. The number of aromatic nitrogens is 1. The molecule has 0 aliphatic rings. The van der Waals surface area contributed by atoms with Crippen LogP contribution in [0.25, 0.3) is 11.1 Å². The van der Waals surface area contributed by atoms with Crippen LogP contribution in [0.1, 0.15) is 12.0 Å². The number of ether oxygens (including phenoxy) is 2. The van der Waals surface area contributed by atoms with Gasteiger partial charge >= 0.3 is 0 Å². The molecule has 4 aromatic rings. The summed E-state index contributed by atoms with van der Waals surface area (Å²) >= 11 is 0. The molecule has 0 saturated carbocycles. The first kappa shape index (κ1) is 19.6. The fraction of sp³-hybridized carbons (Fsp3) is 0.208. The van der Waals surface area contributed by atoms with E-state index in [0.717, 1.165) is 34.6 Å². The highest BCUT2D eigenvalue weighted by atomic mass is 16.5. The van der Waals surface area contributed by atoms with Gasteiger partial charge in [-0.1, -0.05) is 24.3 Å². The first-order chi connectivity index (χ1) is 14.7. The van der Waals surface area contributed by atoms with Crippen molar-refractivity contribution in [1.82, 2.24) is 4.98 Å². The predicted octanol–water partition coefficient (Wildman–Crippen LogP) is 5.02. The lowest BCUT2D eigenvalue weighted by atomic mass is 10.2. The number of hydrogen-bond donors (Lipinski definition) is 1. The molecule has 3 aromatic carbocycles. The minimum Gasteiger partial charge on any atom is -0.508 e. The van der Waals surface area contributed by atoms with E-state index in [0.29, 0.717) is 25.7 Å². The van der Waals surface area contributed by atoms with Gasteiger partial charge in [0.2, 0.25) is 0 Å². The molecular formula is C24H24N2O4. The number of rotatable bonds is 9. The molecular weight excluding hydrogens is 380 g/mol. The summed E-state index contributed by atoms with van der Waals surface area (Å²) in [5, 5.41) is 9.55. The highest BCUT2D eigenvalue weighted by Gasteiger charge is 2.15. The number of hydrogen-bond acceptors (Lipinski definition) is 6. The van der Waals surface area contributed by atoms with Crippen molar-refractivity contribution < 1.29 is 19.0 Å². The molecule has 0 aliphatic heterocycles. The average Bonchev–Trinajstić information content (AvgIpc) is 3.22. The first-order valence-electron chi connectivity index (χ1n) is 9.86. The van der Waals surface area contributed by atoms with Crippen LogP contribution in [0.3, 0.4) is 0 Å². The maximum absolute atomic E-state index is 9.55. The number of oxazole rings is 1. The number of anilines is 1. The predicted molar refractivity (Wildman–Crippen MR) is 116 cm³/mol. The molecule has 0 atom stereocenters. The Labute approximate surface area is 175 Å². The van der Waals surface area contributed by atoms with E-state index in [2.05, 4.69) is 9.88 Å². The zero-order chi connectivity index (χ0) is 20.8. The van der Waals surface area contributed by atoms with Crippen LogP contribution in [0, 0.1) is 0 Å². The van der Waals surface area contributed by atoms with E-state index in [1.54, 1.807) is 19.2 Å². The number of para-hydroxylation sites is 2. The number of methoxy groups -OCH3 is 1. The minimum absolute atomic E-state index is 0.250. The van der Waals surface area contributed by atoms with E-state index >= 15 is 0 Å². The molecule has 0 aliphatic carbocycles. The van der Waals surface area contributed by atoms with Crippen LogP contribution in [-0.2, 0) is 6.54 Å². The Balaban J connectivity index is 1.43. The van der Waals surface area contributed by atoms with Gasteiger partial charge in [-0.3, -0.25) is 0 Å². The van der Waals surface area contributed by atoms with E-state index in [9.17, 15) is 5.11 Å². The lowest BCUT2D eigenvalue weighted by Crippen LogP contribution is -2.25. The standard InChI is InChI=1S/C24H24N2O4/c1-28-20-11-13-21(14-12-20)29-16-4-15-26(17-18-7-9-19(27)10-8-18)24-25-22-5-2-3-6-23(22)30-24/h2-3,5-14,27H,4,15-17H2,1H3. The first-order valence-corrected chi connectivity index (χ1v) is 9.86. The van der Waals surface area contributed by atoms with Gasteiger partial charge in [-0.2, -0.15) is 4.98 Å². The monoisotopic (exact) mass is 404 g/mol. The molecule has 6 heteroatoms. The molecule has 0 amide bonds. The number of phenols is 1. The van der Waals surface area contributed by atoms with Gasteiger partial charge in [-0.05, 0) is 60.5 Å². The lowest BCUT2D eigenvalue weighted by Gasteiger charge is -2.21. The Morgan fingerprint density at radius 1 is 0.933 bits per heavy atom. The molecule has 4 rings (SSSR count). The third kappa shape index (κ3) is 4.84. The number of benzene rings is 3. The molecule has 1 aromatic heterocycles. The molecule has 30 heavy (non-hydrogen) atoms. The summed E-state index contributed by atoms with van der Waals surface area (Å²) in [6, 6.07) is 23.0. The van der Waals surface area contributed by atoms with E-state index in [1.165, 1.54) is 0 Å². The topological polar surface area (TPSA) is 68.0 Å². The second-order valence-electron chi connectivity index (χ2n) is 6.93. The van der Waals surface area contributed by atoms with Gasteiger partial charge in [0, 0.05) is 13.1 Å². The SMILES string of the molecule is COc1ccc(OCCCN(Cc2ccc(O)cc2)c2nc3ccccc3o2)cc1. The second-order valence-corrected chi connectivity index (χ2v) is 6.93. The Morgan fingerprint density at radius 2 is 1.67 bits per heavy atom. The summed E-state index contributed by atoms with van der Waals surface area (Å²) in [7, 11) is 1.64. The molecule has 0 unspecified atom stereocenters. The van der Waals surface area contributed by atoms with Crippen LogP contribution in [0.2, 0.25) is 0 Å².